The minimum atomic E-state index is -0.476. The maximum atomic E-state index is 12.7. The lowest BCUT2D eigenvalue weighted by molar-refractivity contribution is -0.117. The lowest BCUT2D eigenvalue weighted by Crippen LogP contribution is -2.36. The summed E-state index contributed by atoms with van der Waals surface area (Å²) in [6.45, 7) is 0.170. The minimum absolute atomic E-state index is 0.0497. The number of aromatic amines is 1. The number of carbonyl (C=O) groups excluding carboxylic acids is 1. The Balaban J connectivity index is 1.36. The van der Waals surface area contributed by atoms with E-state index in [1.165, 1.54) is 0 Å². The number of hydrogen-bond acceptors (Lipinski definition) is 7. The number of para-hydroxylation sites is 1. The van der Waals surface area contributed by atoms with Crippen LogP contribution in [0.15, 0.2) is 72.8 Å². The Labute approximate surface area is 212 Å². The number of halogens is 2. The quantitative estimate of drug-likeness (QED) is 0.308. The van der Waals surface area contributed by atoms with Crippen molar-refractivity contribution in [2.75, 3.05) is 25.5 Å². The molecule has 0 fully saturated rings. The van der Waals surface area contributed by atoms with Crippen LogP contribution < -0.4 is 14.8 Å². The molecule has 0 radical (unpaired) electrons. The van der Waals surface area contributed by atoms with Gasteiger partial charge in [-0.15, -0.1) is 10.2 Å². The van der Waals surface area contributed by atoms with E-state index in [-0.39, 0.29) is 19.1 Å². The van der Waals surface area contributed by atoms with Crippen LogP contribution >= 0.6 is 23.2 Å². The molecule has 0 bridgehead atoms. The van der Waals surface area contributed by atoms with Crippen LogP contribution in [0.25, 0.3) is 0 Å². The van der Waals surface area contributed by atoms with Crippen molar-refractivity contribution in [3.8, 4) is 17.2 Å². The van der Waals surface area contributed by atoms with Crippen molar-refractivity contribution < 1.29 is 14.3 Å². The van der Waals surface area contributed by atoms with Crippen LogP contribution in [0.5, 0.6) is 17.2 Å². The summed E-state index contributed by atoms with van der Waals surface area (Å²) in [7, 11) is 1.76. The highest BCUT2D eigenvalue weighted by Crippen LogP contribution is 2.29. The molecule has 1 aromatic heterocycles. The van der Waals surface area contributed by atoms with Gasteiger partial charge in [-0.25, -0.2) is 0 Å². The van der Waals surface area contributed by atoms with Gasteiger partial charge in [0, 0.05) is 16.8 Å². The Morgan fingerprint density at radius 1 is 1.06 bits per heavy atom. The number of rotatable bonds is 10. The number of nitrogens with zero attached hydrogens (tertiary/aromatic N) is 4. The number of aromatic nitrogens is 4. The fraction of sp³-hybridized carbons (Fsp3) is 0.167. The van der Waals surface area contributed by atoms with Crippen LogP contribution in [-0.4, -0.2) is 51.6 Å². The smallest absolute Gasteiger partial charge is 0.238 e. The maximum absolute atomic E-state index is 12.7. The summed E-state index contributed by atoms with van der Waals surface area (Å²) in [5, 5.41) is 17.9. The third-order valence-electron chi connectivity index (χ3n) is 4.99. The summed E-state index contributed by atoms with van der Waals surface area (Å²) in [6, 6.07) is 21.1. The molecule has 1 heterocycles. The van der Waals surface area contributed by atoms with Gasteiger partial charge in [0.25, 0.3) is 0 Å². The lowest BCUT2D eigenvalue weighted by atomic mass is 10.2. The van der Waals surface area contributed by atoms with E-state index in [1.54, 1.807) is 54.4 Å². The van der Waals surface area contributed by atoms with E-state index in [0.29, 0.717) is 33.1 Å². The molecule has 1 atom stereocenters. The first-order valence-electron chi connectivity index (χ1n) is 10.6. The zero-order chi connectivity index (χ0) is 24.6. The van der Waals surface area contributed by atoms with Crippen molar-refractivity contribution in [3.05, 3.63) is 88.7 Å². The van der Waals surface area contributed by atoms with Crippen LogP contribution in [-0.2, 0) is 4.79 Å². The Kier molecular flexibility index (Phi) is 8.15. The van der Waals surface area contributed by atoms with E-state index >= 15 is 0 Å². The summed E-state index contributed by atoms with van der Waals surface area (Å²) in [5.74, 6) is 1.97. The van der Waals surface area contributed by atoms with E-state index in [1.807, 2.05) is 30.3 Å². The SMILES string of the molecule is CN(CC(=O)Nc1ccc(Oc2ccccc2)cc1)C(COc1cc(Cl)ccc1Cl)c1nn[nH]n1. The highest BCUT2D eigenvalue weighted by atomic mass is 35.5. The molecule has 1 unspecified atom stereocenters. The first kappa shape index (κ1) is 24.5. The standard InChI is InChI=1S/C24H22Cl2N6O3/c1-32(21(24-28-30-31-29-24)15-34-22-13-16(25)7-12-20(22)26)14-23(33)27-17-8-10-19(11-9-17)35-18-5-3-2-4-6-18/h2-13,21H,14-15H2,1H3,(H,27,33)(H,28,29,30,31). The number of ether oxygens (including phenoxy) is 2. The predicted molar refractivity (Wildman–Crippen MR) is 133 cm³/mol. The third-order valence-corrected chi connectivity index (χ3v) is 5.54. The molecule has 0 saturated heterocycles. The van der Waals surface area contributed by atoms with E-state index in [2.05, 4.69) is 25.9 Å². The summed E-state index contributed by atoms with van der Waals surface area (Å²) in [5.41, 5.74) is 0.641. The van der Waals surface area contributed by atoms with Crippen molar-refractivity contribution in [1.82, 2.24) is 25.5 Å². The number of benzene rings is 3. The molecule has 4 aromatic rings. The molecule has 0 aliphatic heterocycles. The molecule has 0 aliphatic rings. The number of anilines is 1. The Bertz CT molecular complexity index is 1240. The van der Waals surface area contributed by atoms with E-state index in [0.717, 1.165) is 5.75 Å². The number of hydrogen-bond donors (Lipinski definition) is 2. The second-order valence-electron chi connectivity index (χ2n) is 7.57. The molecule has 9 nitrogen and oxygen atoms in total. The molecule has 35 heavy (non-hydrogen) atoms. The third kappa shape index (κ3) is 6.92. The van der Waals surface area contributed by atoms with Gasteiger partial charge in [-0.1, -0.05) is 46.6 Å². The molecule has 1 amide bonds. The zero-order valence-electron chi connectivity index (χ0n) is 18.7. The van der Waals surface area contributed by atoms with Crippen molar-refractivity contribution >= 4 is 34.8 Å². The van der Waals surface area contributed by atoms with Gasteiger partial charge >= 0.3 is 0 Å². The second kappa shape index (κ2) is 11.7. The summed E-state index contributed by atoms with van der Waals surface area (Å²) in [6.07, 6.45) is 0. The maximum Gasteiger partial charge on any atom is 0.238 e. The molecule has 0 spiro atoms. The molecular formula is C24H22Cl2N6O3. The number of nitrogens with one attached hydrogen (secondary N) is 2. The van der Waals surface area contributed by atoms with Crippen LogP contribution in [0.3, 0.4) is 0 Å². The topological polar surface area (TPSA) is 105 Å². The van der Waals surface area contributed by atoms with Gasteiger partial charge in [0.2, 0.25) is 5.91 Å². The van der Waals surface area contributed by atoms with Gasteiger partial charge in [-0.05, 0) is 55.6 Å². The van der Waals surface area contributed by atoms with E-state index < -0.39 is 6.04 Å². The largest absolute Gasteiger partial charge is 0.490 e. The average Bonchev–Trinajstić information content (AvgIpc) is 3.38. The predicted octanol–water partition coefficient (Wildman–Crippen LogP) is 4.99. The molecule has 11 heteroatoms. The van der Waals surface area contributed by atoms with Gasteiger partial charge in [-0.2, -0.15) is 5.21 Å². The Morgan fingerprint density at radius 2 is 1.80 bits per heavy atom. The lowest BCUT2D eigenvalue weighted by Gasteiger charge is -2.25. The number of carbonyl (C=O) groups is 1. The average molecular weight is 513 g/mol. The van der Waals surface area contributed by atoms with Crippen molar-refractivity contribution in [2.45, 2.75) is 6.04 Å². The van der Waals surface area contributed by atoms with Gasteiger partial charge < -0.3 is 14.8 Å². The highest BCUT2D eigenvalue weighted by molar-refractivity contribution is 6.34. The van der Waals surface area contributed by atoms with Crippen LogP contribution in [0.4, 0.5) is 5.69 Å². The fourth-order valence-corrected chi connectivity index (χ4v) is 3.57. The van der Waals surface area contributed by atoms with Gasteiger partial charge in [0.05, 0.1) is 11.6 Å². The number of likely N-dealkylation sites (N-methyl/N-ethyl adjacent to an activating group) is 1. The van der Waals surface area contributed by atoms with Crippen molar-refractivity contribution in [2.24, 2.45) is 0 Å². The molecule has 2 N–H and O–H groups in total. The Morgan fingerprint density at radius 3 is 2.51 bits per heavy atom. The number of amides is 1. The first-order valence-corrected chi connectivity index (χ1v) is 11.4. The summed E-state index contributed by atoms with van der Waals surface area (Å²) < 4.78 is 11.6. The highest BCUT2D eigenvalue weighted by Gasteiger charge is 2.24. The minimum Gasteiger partial charge on any atom is -0.490 e. The molecule has 0 aliphatic carbocycles. The second-order valence-corrected chi connectivity index (χ2v) is 8.42. The molecule has 180 valence electrons. The van der Waals surface area contributed by atoms with Crippen LogP contribution in [0.1, 0.15) is 11.9 Å². The van der Waals surface area contributed by atoms with Crippen LogP contribution in [0.2, 0.25) is 10.0 Å². The fourth-order valence-electron chi connectivity index (χ4n) is 3.23. The van der Waals surface area contributed by atoms with E-state index in [4.69, 9.17) is 32.7 Å². The van der Waals surface area contributed by atoms with Gasteiger partial charge in [-0.3, -0.25) is 9.69 Å². The zero-order valence-corrected chi connectivity index (χ0v) is 20.2. The molecule has 3 aromatic carbocycles. The summed E-state index contributed by atoms with van der Waals surface area (Å²) in [4.78, 5) is 14.5. The first-order chi connectivity index (χ1) is 17.0. The monoisotopic (exact) mass is 512 g/mol. The van der Waals surface area contributed by atoms with E-state index in [9.17, 15) is 4.79 Å². The summed E-state index contributed by atoms with van der Waals surface area (Å²) >= 11 is 12.2. The number of H-pyrrole nitrogens is 1. The van der Waals surface area contributed by atoms with Gasteiger partial charge in [0.15, 0.2) is 5.82 Å². The molecule has 0 saturated carbocycles. The Hall–Kier alpha value is -3.66. The number of tetrazole rings is 1. The van der Waals surface area contributed by atoms with Gasteiger partial charge in [0.1, 0.15) is 29.9 Å². The van der Waals surface area contributed by atoms with Crippen molar-refractivity contribution in [1.29, 1.82) is 0 Å². The molecule has 4 rings (SSSR count). The van der Waals surface area contributed by atoms with Crippen LogP contribution in [0, 0.1) is 0 Å². The van der Waals surface area contributed by atoms with Crippen molar-refractivity contribution in [3.63, 3.8) is 0 Å². The molecular weight excluding hydrogens is 491 g/mol. The normalized spacial score (nSPS) is 11.8.